The number of likely N-dealkylation sites (tertiary alicyclic amines) is 1. The smallest absolute Gasteiger partial charge is 0.00781 e. The molecule has 0 aromatic carbocycles. The Morgan fingerprint density at radius 2 is 2.11 bits per heavy atom. The number of anilines is 1. The van der Waals surface area contributed by atoms with E-state index < -0.39 is 0 Å². The summed E-state index contributed by atoms with van der Waals surface area (Å²) >= 11 is 0. The number of nitrogens with one attached hydrogen (secondary N) is 1. The third-order valence-corrected chi connectivity index (χ3v) is 3.53. The predicted molar refractivity (Wildman–Crippen MR) is 75.0 cm³/mol. The zero-order valence-corrected chi connectivity index (χ0v) is 14.7. The van der Waals surface area contributed by atoms with Crippen molar-refractivity contribution in [3.63, 3.8) is 0 Å². The van der Waals surface area contributed by atoms with Gasteiger partial charge in [-0.2, -0.15) is 24.8 Å². The van der Waals surface area contributed by atoms with Gasteiger partial charge in [-0.1, -0.05) is 12.8 Å². The summed E-state index contributed by atoms with van der Waals surface area (Å²) in [6.45, 7) is 10.4. The molecule has 0 aliphatic carbocycles. The van der Waals surface area contributed by atoms with Crippen LogP contribution in [0.5, 0.6) is 0 Å². The molecule has 1 aliphatic heterocycles. The van der Waals surface area contributed by atoms with Crippen LogP contribution in [0.2, 0.25) is 0 Å². The minimum Gasteiger partial charge on any atom is -0.485 e. The fourth-order valence-corrected chi connectivity index (χ4v) is 2.45. The molecule has 1 N–H and O–H groups in total. The van der Waals surface area contributed by atoms with Gasteiger partial charge in [0.25, 0.3) is 0 Å². The fraction of sp³-hybridized carbons (Fsp3) is 0.467. The molecule has 1 aliphatic rings. The fourth-order valence-electron chi connectivity index (χ4n) is 2.45. The van der Waals surface area contributed by atoms with Gasteiger partial charge in [-0.15, -0.1) is 11.6 Å². The van der Waals surface area contributed by atoms with Crippen molar-refractivity contribution in [3.8, 4) is 0 Å². The van der Waals surface area contributed by atoms with Gasteiger partial charge in [0.15, 0.2) is 0 Å². The van der Waals surface area contributed by atoms with E-state index in [0.29, 0.717) is 6.04 Å². The Balaban J connectivity index is 0.00000180. The molecule has 101 valence electrons. The standard InChI is InChI=1S/C15H21N3.Y/c1-4-16-15-14(6-5-9-17-15)13-7-10-18(11-8-13)12(2)3;/h5-6,9,12H,1,7-8,10-11H2,2-3H3,(H,16,17);/q-2;. The molecule has 0 atom stereocenters. The van der Waals surface area contributed by atoms with Gasteiger partial charge in [0, 0.05) is 50.8 Å². The monoisotopic (exact) mass is 332 g/mol. The molecule has 0 bridgehead atoms. The van der Waals surface area contributed by atoms with Crippen molar-refractivity contribution in [2.75, 3.05) is 18.4 Å². The summed E-state index contributed by atoms with van der Waals surface area (Å²) in [7, 11) is 0. The van der Waals surface area contributed by atoms with Crippen LogP contribution in [0.4, 0.5) is 5.82 Å². The van der Waals surface area contributed by atoms with Crippen LogP contribution in [-0.2, 0) is 32.7 Å². The molecule has 1 radical (unpaired) electrons. The van der Waals surface area contributed by atoms with E-state index in [0.717, 1.165) is 31.7 Å². The third-order valence-electron chi connectivity index (χ3n) is 3.53. The van der Waals surface area contributed by atoms with E-state index in [9.17, 15) is 0 Å². The average molecular weight is 332 g/mol. The average Bonchev–Trinajstić information content (AvgIpc) is 2.40. The van der Waals surface area contributed by atoms with Crippen molar-refractivity contribution in [1.82, 2.24) is 9.88 Å². The molecule has 0 spiro atoms. The Hall–Kier alpha value is -0.376. The zero-order chi connectivity index (χ0) is 13.0. The van der Waals surface area contributed by atoms with E-state index in [4.69, 9.17) is 0 Å². The molecular weight excluding hydrogens is 311 g/mol. The summed E-state index contributed by atoms with van der Waals surface area (Å²) < 4.78 is 0. The summed E-state index contributed by atoms with van der Waals surface area (Å²) in [6, 6.07) is 4.76. The number of pyridine rings is 1. The minimum absolute atomic E-state index is 0. The van der Waals surface area contributed by atoms with Crippen LogP contribution in [0, 0.1) is 12.1 Å². The maximum absolute atomic E-state index is 4.35. The van der Waals surface area contributed by atoms with Crippen molar-refractivity contribution < 1.29 is 32.7 Å². The van der Waals surface area contributed by atoms with Crippen molar-refractivity contribution in [1.29, 1.82) is 0 Å². The molecule has 0 amide bonds. The van der Waals surface area contributed by atoms with Gasteiger partial charge in [-0.05, 0) is 26.9 Å². The molecule has 0 saturated carbocycles. The quantitative estimate of drug-likeness (QED) is 0.679. The van der Waals surface area contributed by atoms with Crippen LogP contribution >= 0.6 is 0 Å². The van der Waals surface area contributed by atoms with E-state index in [1.165, 1.54) is 11.5 Å². The van der Waals surface area contributed by atoms with E-state index in [1.54, 1.807) is 6.20 Å². The zero-order valence-electron chi connectivity index (χ0n) is 11.8. The summed E-state index contributed by atoms with van der Waals surface area (Å²) in [4.78, 5) is 6.87. The molecule has 1 saturated heterocycles. The first kappa shape index (κ1) is 16.7. The van der Waals surface area contributed by atoms with Crippen molar-refractivity contribution in [2.45, 2.75) is 32.7 Å². The Morgan fingerprint density at radius 1 is 1.42 bits per heavy atom. The number of aromatic nitrogens is 1. The van der Waals surface area contributed by atoms with E-state index in [2.05, 4.69) is 47.9 Å². The second-order valence-electron chi connectivity index (χ2n) is 4.93. The Kier molecular flexibility index (Phi) is 7.05. The third kappa shape index (κ3) is 4.30. The number of rotatable bonds is 4. The summed E-state index contributed by atoms with van der Waals surface area (Å²) in [5, 5.41) is 3.00. The second-order valence-corrected chi connectivity index (χ2v) is 4.93. The molecule has 2 heterocycles. The Bertz CT molecular complexity index is 398. The van der Waals surface area contributed by atoms with Gasteiger partial charge < -0.3 is 15.2 Å². The summed E-state index contributed by atoms with van der Waals surface area (Å²) in [6.07, 6.45) is 6.74. The van der Waals surface area contributed by atoms with Gasteiger partial charge in [-0.3, -0.25) is 0 Å². The number of nitrogens with zero attached hydrogens (tertiary/aromatic N) is 2. The van der Waals surface area contributed by atoms with Crippen molar-refractivity contribution in [2.24, 2.45) is 0 Å². The molecule has 2 rings (SSSR count). The van der Waals surface area contributed by atoms with Gasteiger partial charge in [0.2, 0.25) is 0 Å². The van der Waals surface area contributed by atoms with Crippen molar-refractivity contribution in [3.05, 3.63) is 42.6 Å². The second kappa shape index (κ2) is 8.03. The first-order chi connectivity index (χ1) is 8.72. The van der Waals surface area contributed by atoms with Gasteiger partial charge >= 0.3 is 0 Å². The Labute approximate surface area is 141 Å². The summed E-state index contributed by atoms with van der Waals surface area (Å²) in [5.74, 6) is 2.36. The van der Waals surface area contributed by atoms with Crippen LogP contribution in [0.25, 0.3) is 0 Å². The summed E-state index contributed by atoms with van der Waals surface area (Å²) in [5.41, 5.74) is 1.22. The predicted octanol–water partition coefficient (Wildman–Crippen LogP) is 2.86. The Morgan fingerprint density at radius 3 is 2.68 bits per heavy atom. The first-order valence-electron chi connectivity index (χ1n) is 6.54. The number of piperidine rings is 1. The topological polar surface area (TPSA) is 28.2 Å². The van der Waals surface area contributed by atoms with Crippen LogP contribution in [0.3, 0.4) is 0 Å². The van der Waals surface area contributed by atoms with Crippen molar-refractivity contribution >= 4 is 5.82 Å². The molecule has 1 fully saturated rings. The molecule has 1 aromatic heterocycles. The van der Waals surface area contributed by atoms with Gasteiger partial charge in [-0.25, -0.2) is 0 Å². The first-order valence-corrected chi connectivity index (χ1v) is 6.54. The molecule has 3 nitrogen and oxygen atoms in total. The van der Waals surface area contributed by atoms with Crippen LogP contribution < -0.4 is 5.32 Å². The van der Waals surface area contributed by atoms with E-state index in [1.807, 2.05) is 6.07 Å². The SMILES string of the molecule is C=[C-]Nc1ncccc1[C-]1CCN(C(C)C)CC1.[Y]. The van der Waals surface area contributed by atoms with Crippen LogP contribution in [0.15, 0.2) is 24.9 Å². The van der Waals surface area contributed by atoms with Crippen LogP contribution in [0.1, 0.15) is 32.3 Å². The number of hydrogen-bond acceptors (Lipinski definition) is 3. The molecule has 19 heavy (non-hydrogen) atoms. The normalized spacial score (nSPS) is 16.1. The van der Waals surface area contributed by atoms with E-state index >= 15 is 0 Å². The maximum atomic E-state index is 4.35. The maximum Gasteiger partial charge on any atom is 0.00781 e. The van der Waals surface area contributed by atoms with E-state index in [-0.39, 0.29) is 32.7 Å². The van der Waals surface area contributed by atoms with Gasteiger partial charge in [0.1, 0.15) is 0 Å². The minimum atomic E-state index is 0. The van der Waals surface area contributed by atoms with Gasteiger partial charge in [0.05, 0.1) is 0 Å². The molecule has 1 aromatic rings. The molecular formula is C15H21N3Y-2. The molecule has 4 heteroatoms. The van der Waals surface area contributed by atoms with Crippen LogP contribution in [-0.4, -0.2) is 29.0 Å². The largest absolute Gasteiger partial charge is 0.485 e. The number of hydrogen-bond donors (Lipinski definition) is 1. The molecule has 0 unspecified atom stereocenters.